The van der Waals surface area contributed by atoms with Crippen LogP contribution in [0.5, 0.6) is 0 Å². The summed E-state index contributed by atoms with van der Waals surface area (Å²) in [6.45, 7) is 9.28. The molecule has 0 saturated carbocycles. The predicted octanol–water partition coefficient (Wildman–Crippen LogP) is 2.62. The van der Waals surface area contributed by atoms with Gasteiger partial charge in [0.05, 0.1) is 0 Å². The Balaban J connectivity index is 1.78. The second-order valence-electron chi connectivity index (χ2n) is 6.83. The first-order valence-electron chi connectivity index (χ1n) is 7.66. The first-order chi connectivity index (χ1) is 9.09. The zero-order valence-corrected chi connectivity index (χ0v) is 12.4. The van der Waals surface area contributed by atoms with Crippen LogP contribution in [-0.2, 0) is 12.8 Å². The Bertz CT molecular complexity index is 427. The summed E-state index contributed by atoms with van der Waals surface area (Å²) in [4.78, 5) is 2.77. The highest BCUT2D eigenvalue weighted by Gasteiger charge is 2.37. The van der Waals surface area contributed by atoms with Crippen LogP contribution in [0.2, 0.25) is 0 Å². The molecule has 0 aromatic heterocycles. The van der Waals surface area contributed by atoms with Crippen molar-refractivity contribution in [2.45, 2.75) is 57.7 Å². The quantitative estimate of drug-likeness (QED) is 0.877. The van der Waals surface area contributed by atoms with Crippen molar-refractivity contribution in [3.63, 3.8) is 0 Å². The number of hydrogen-bond acceptors (Lipinski definition) is 2. The molecule has 1 heterocycles. The van der Waals surface area contributed by atoms with E-state index in [2.05, 4.69) is 55.3 Å². The number of nitrogens with zero attached hydrogens (tertiary/aromatic N) is 1. The van der Waals surface area contributed by atoms with Gasteiger partial charge in [-0.3, -0.25) is 4.90 Å². The maximum atomic E-state index is 3.69. The Morgan fingerprint density at radius 3 is 2.42 bits per heavy atom. The molecule has 2 nitrogen and oxygen atoms in total. The molecule has 0 radical (unpaired) electrons. The molecule has 0 bridgehead atoms. The van der Waals surface area contributed by atoms with E-state index in [-0.39, 0.29) is 5.54 Å². The van der Waals surface area contributed by atoms with Crippen LogP contribution in [0.25, 0.3) is 0 Å². The fourth-order valence-electron chi connectivity index (χ4n) is 3.73. The van der Waals surface area contributed by atoms with Crippen LogP contribution in [-0.4, -0.2) is 35.6 Å². The molecule has 0 spiro atoms. The molecule has 1 atom stereocenters. The Kier molecular flexibility index (Phi) is 3.40. The van der Waals surface area contributed by atoms with Gasteiger partial charge in [0.15, 0.2) is 0 Å². The van der Waals surface area contributed by atoms with E-state index in [9.17, 15) is 0 Å². The highest BCUT2D eigenvalue weighted by molar-refractivity contribution is 5.33. The molecule has 1 saturated heterocycles. The third kappa shape index (κ3) is 2.56. The topological polar surface area (TPSA) is 15.3 Å². The highest BCUT2D eigenvalue weighted by Crippen LogP contribution is 2.29. The van der Waals surface area contributed by atoms with E-state index in [4.69, 9.17) is 0 Å². The zero-order chi connectivity index (χ0) is 13.5. The minimum atomic E-state index is 0.250. The van der Waals surface area contributed by atoms with Crippen molar-refractivity contribution < 1.29 is 0 Å². The summed E-state index contributed by atoms with van der Waals surface area (Å²) >= 11 is 0. The van der Waals surface area contributed by atoms with Gasteiger partial charge in [-0.15, -0.1) is 0 Å². The van der Waals surface area contributed by atoms with Crippen LogP contribution < -0.4 is 5.32 Å². The van der Waals surface area contributed by atoms with Gasteiger partial charge in [-0.25, -0.2) is 0 Å². The number of rotatable bonds is 2. The Hall–Kier alpha value is -0.860. The van der Waals surface area contributed by atoms with Crippen LogP contribution in [0.1, 0.15) is 38.3 Å². The average molecular weight is 258 g/mol. The molecular formula is C17H26N2. The molecular weight excluding hydrogens is 232 g/mol. The lowest BCUT2D eigenvalue weighted by Crippen LogP contribution is -2.63. The number of benzene rings is 1. The van der Waals surface area contributed by atoms with E-state index >= 15 is 0 Å². The highest BCUT2D eigenvalue weighted by atomic mass is 15.3. The standard InChI is InChI=1S/C17H26N2/c1-4-15-11-18-17(2,3)12-19(15)16-9-13-7-5-6-8-14(13)10-16/h5-8,15-16,18H,4,9-12H2,1-3H3. The van der Waals surface area contributed by atoms with E-state index in [0.717, 1.165) is 6.54 Å². The minimum Gasteiger partial charge on any atom is -0.309 e. The van der Waals surface area contributed by atoms with E-state index in [1.165, 1.54) is 25.8 Å². The molecule has 1 aromatic carbocycles. The molecule has 1 aliphatic carbocycles. The fraction of sp³-hybridized carbons (Fsp3) is 0.647. The summed E-state index contributed by atoms with van der Waals surface area (Å²) in [5, 5.41) is 3.69. The molecule has 2 heteroatoms. The van der Waals surface area contributed by atoms with Crippen molar-refractivity contribution in [3.8, 4) is 0 Å². The molecule has 104 valence electrons. The van der Waals surface area contributed by atoms with E-state index in [1.54, 1.807) is 11.1 Å². The molecule has 1 aliphatic heterocycles. The van der Waals surface area contributed by atoms with Gasteiger partial charge in [-0.05, 0) is 44.2 Å². The second kappa shape index (κ2) is 4.92. The van der Waals surface area contributed by atoms with E-state index in [0.29, 0.717) is 12.1 Å². The first-order valence-corrected chi connectivity index (χ1v) is 7.66. The summed E-state index contributed by atoms with van der Waals surface area (Å²) in [5.41, 5.74) is 3.39. The summed E-state index contributed by atoms with van der Waals surface area (Å²) in [6.07, 6.45) is 3.72. The van der Waals surface area contributed by atoms with Gasteiger partial charge < -0.3 is 5.32 Å². The maximum absolute atomic E-state index is 3.69. The van der Waals surface area contributed by atoms with Gasteiger partial charge in [0.2, 0.25) is 0 Å². The van der Waals surface area contributed by atoms with Crippen LogP contribution in [0, 0.1) is 0 Å². The van der Waals surface area contributed by atoms with Gasteiger partial charge in [-0.1, -0.05) is 31.2 Å². The van der Waals surface area contributed by atoms with E-state index < -0.39 is 0 Å². The molecule has 2 aliphatic rings. The Morgan fingerprint density at radius 2 is 1.84 bits per heavy atom. The largest absolute Gasteiger partial charge is 0.309 e. The summed E-state index contributed by atoms with van der Waals surface area (Å²) in [6, 6.07) is 10.4. The lowest BCUT2D eigenvalue weighted by atomic mass is 9.95. The van der Waals surface area contributed by atoms with Crippen LogP contribution in [0.4, 0.5) is 0 Å². The van der Waals surface area contributed by atoms with E-state index in [1.807, 2.05) is 0 Å². The molecule has 3 rings (SSSR count). The van der Waals surface area contributed by atoms with Crippen molar-refractivity contribution in [1.29, 1.82) is 0 Å². The van der Waals surface area contributed by atoms with Gasteiger partial charge in [-0.2, -0.15) is 0 Å². The Morgan fingerprint density at radius 1 is 1.21 bits per heavy atom. The number of fused-ring (bicyclic) bond motifs is 1. The summed E-state index contributed by atoms with van der Waals surface area (Å²) in [7, 11) is 0. The van der Waals surface area contributed by atoms with Crippen molar-refractivity contribution in [1.82, 2.24) is 10.2 Å². The van der Waals surface area contributed by atoms with Gasteiger partial charge in [0.1, 0.15) is 0 Å². The van der Waals surface area contributed by atoms with Crippen LogP contribution in [0.15, 0.2) is 24.3 Å². The minimum absolute atomic E-state index is 0.250. The Labute approximate surface area is 117 Å². The molecule has 0 amide bonds. The normalized spacial score (nSPS) is 27.4. The third-order valence-corrected chi connectivity index (χ3v) is 4.83. The lowest BCUT2D eigenvalue weighted by molar-refractivity contribution is 0.0553. The number of nitrogens with one attached hydrogen (secondary N) is 1. The first kappa shape index (κ1) is 13.1. The van der Waals surface area contributed by atoms with Crippen molar-refractivity contribution >= 4 is 0 Å². The monoisotopic (exact) mass is 258 g/mol. The van der Waals surface area contributed by atoms with Crippen LogP contribution in [0.3, 0.4) is 0 Å². The third-order valence-electron chi connectivity index (χ3n) is 4.83. The average Bonchev–Trinajstić information content (AvgIpc) is 2.81. The van der Waals surface area contributed by atoms with Crippen molar-refractivity contribution in [2.75, 3.05) is 13.1 Å². The zero-order valence-electron chi connectivity index (χ0n) is 12.4. The van der Waals surface area contributed by atoms with Gasteiger partial charge in [0.25, 0.3) is 0 Å². The number of hydrogen-bond donors (Lipinski definition) is 1. The van der Waals surface area contributed by atoms with Crippen LogP contribution >= 0.6 is 0 Å². The van der Waals surface area contributed by atoms with Crippen molar-refractivity contribution in [3.05, 3.63) is 35.4 Å². The molecule has 1 N–H and O–H groups in total. The lowest BCUT2D eigenvalue weighted by Gasteiger charge is -2.47. The second-order valence-corrected chi connectivity index (χ2v) is 6.83. The molecule has 1 unspecified atom stereocenters. The number of piperazine rings is 1. The van der Waals surface area contributed by atoms with Gasteiger partial charge >= 0.3 is 0 Å². The molecule has 19 heavy (non-hydrogen) atoms. The van der Waals surface area contributed by atoms with Crippen molar-refractivity contribution in [2.24, 2.45) is 0 Å². The summed E-state index contributed by atoms with van der Waals surface area (Å²) in [5.74, 6) is 0. The maximum Gasteiger partial charge on any atom is 0.0253 e. The molecule has 1 fully saturated rings. The van der Waals surface area contributed by atoms with Gasteiger partial charge in [0, 0.05) is 30.7 Å². The fourth-order valence-corrected chi connectivity index (χ4v) is 3.73. The summed E-state index contributed by atoms with van der Waals surface area (Å²) < 4.78 is 0. The smallest absolute Gasteiger partial charge is 0.0253 e. The molecule has 1 aromatic rings. The SMILES string of the molecule is CCC1CNC(C)(C)CN1C1Cc2ccccc2C1. The predicted molar refractivity (Wildman–Crippen MR) is 80.5 cm³/mol.